The molecule has 74 valence electrons. The van der Waals surface area contributed by atoms with E-state index in [1.807, 2.05) is 6.20 Å². The second-order valence-electron chi connectivity index (χ2n) is 3.00. The Balaban J connectivity index is 1.90. The van der Waals surface area contributed by atoms with Gasteiger partial charge >= 0.3 is 0 Å². The van der Waals surface area contributed by atoms with Gasteiger partial charge < -0.3 is 15.6 Å². The Hall–Kier alpha value is -0.870. The third kappa shape index (κ3) is 4.65. The van der Waals surface area contributed by atoms with Crippen molar-refractivity contribution < 1.29 is 0 Å². The van der Waals surface area contributed by atoms with Gasteiger partial charge in [-0.3, -0.25) is 0 Å². The summed E-state index contributed by atoms with van der Waals surface area (Å²) in [6, 6.07) is 0. The van der Waals surface area contributed by atoms with Crippen LogP contribution in [0.25, 0.3) is 0 Å². The van der Waals surface area contributed by atoms with Crippen molar-refractivity contribution in [3.8, 4) is 0 Å². The Morgan fingerprint density at radius 1 is 1.31 bits per heavy atom. The number of H-pyrrole nitrogens is 1. The van der Waals surface area contributed by atoms with Gasteiger partial charge in [0.15, 0.2) is 0 Å². The van der Waals surface area contributed by atoms with Crippen molar-refractivity contribution in [1.82, 2.24) is 20.6 Å². The molecule has 4 nitrogen and oxygen atoms in total. The number of hydrogen-bond donors (Lipinski definition) is 3. The summed E-state index contributed by atoms with van der Waals surface area (Å²) in [5.74, 6) is 0. The van der Waals surface area contributed by atoms with Crippen LogP contribution in [-0.4, -0.2) is 29.6 Å². The first-order chi connectivity index (χ1) is 6.43. The van der Waals surface area contributed by atoms with Crippen LogP contribution >= 0.6 is 0 Å². The number of imidazole rings is 1. The van der Waals surface area contributed by atoms with Gasteiger partial charge in [-0.15, -0.1) is 0 Å². The van der Waals surface area contributed by atoms with Crippen molar-refractivity contribution in [2.75, 3.05) is 19.6 Å². The van der Waals surface area contributed by atoms with Gasteiger partial charge in [0.05, 0.1) is 6.33 Å². The third-order valence-corrected chi connectivity index (χ3v) is 1.78. The standard InChI is InChI=1S/C9H18N4/c1-2-3-10-4-5-11-6-9-7-12-8-13-9/h7-8,10-11H,2-6H2,1H3,(H,12,13). The van der Waals surface area contributed by atoms with Gasteiger partial charge in [-0.2, -0.15) is 0 Å². The normalized spacial score (nSPS) is 10.5. The number of aromatic nitrogens is 2. The van der Waals surface area contributed by atoms with E-state index in [1.165, 1.54) is 6.42 Å². The van der Waals surface area contributed by atoms with Crippen LogP contribution in [0.1, 0.15) is 19.0 Å². The molecule has 0 aliphatic heterocycles. The number of rotatable bonds is 7. The third-order valence-electron chi connectivity index (χ3n) is 1.78. The lowest BCUT2D eigenvalue weighted by Gasteiger charge is -2.03. The van der Waals surface area contributed by atoms with Gasteiger partial charge in [-0.1, -0.05) is 6.92 Å². The number of nitrogens with one attached hydrogen (secondary N) is 3. The molecule has 0 radical (unpaired) electrons. The largest absolute Gasteiger partial charge is 0.347 e. The lowest BCUT2D eigenvalue weighted by atomic mass is 10.4. The summed E-state index contributed by atoms with van der Waals surface area (Å²) in [6.07, 6.45) is 4.74. The smallest absolute Gasteiger partial charge is 0.0922 e. The molecule has 3 N–H and O–H groups in total. The molecule has 0 aliphatic rings. The average molecular weight is 182 g/mol. The maximum absolute atomic E-state index is 3.94. The Morgan fingerprint density at radius 2 is 2.15 bits per heavy atom. The zero-order chi connectivity index (χ0) is 9.36. The van der Waals surface area contributed by atoms with Crippen molar-refractivity contribution in [1.29, 1.82) is 0 Å². The summed E-state index contributed by atoms with van der Waals surface area (Å²) in [4.78, 5) is 6.98. The molecule has 0 atom stereocenters. The van der Waals surface area contributed by atoms with E-state index >= 15 is 0 Å². The maximum Gasteiger partial charge on any atom is 0.0922 e. The molecular weight excluding hydrogens is 164 g/mol. The van der Waals surface area contributed by atoms with Crippen LogP contribution in [0.2, 0.25) is 0 Å². The first-order valence-electron chi connectivity index (χ1n) is 4.82. The summed E-state index contributed by atoms with van der Waals surface area (Å²) in [5.41, 5.74) is 1.13. The van der Waals surface area contributed by atoms with Crippen LogP contribution in [-0.2, 0) is 6.54 Å². The molecule has 0 bridgehead atoms. The zero-order valence-corrected chi connectivity index (χ0v) is 8.14. The summed E-state index contributed by atoms with van der Waals surface area (Å²) >= 11 is 0. The van der Waals surface area contributed by atoms with Crippen LogP contribution in [0.15, 0.2) is 12.5 Å². The summed E-state index contributed by atoms with van der Waals surface area (Å²) < 4.78 is 0. The van der Waals surface area contributed by atoms with E-state index in [1.54, 1.807) is 6.33 Å². The summed E-state index contributed by atoms with van der Waals surface area (Å²) in [6.45, 7) is 6.17. The predicted molar refractivity (Wildman–Crippen MR) is 53.5 cm³/mol. The highest BCUT2D eigenvalue weighted by atomic mass is 15.0. The highest BCUT2D eigenvalue weighted by molar-refractivity contribution is 4.92. The highest BCUT2D eigenvalue weighted by Gasteiger charge is 1.91. The van der Waals surface area contributed by atoms with Gasteiger partial charge in [0.2, 0.25) is 0 Å². The molecule has 0 saturated heterocycles. The molecule has 1 aromatic rings. The molecule has 0 saturated carbocycles. The van der Waals surface area contributed by atoms with E-state index in [4.69, 9.17) is 0 Å². The fourth-order valence-corrected chi connectivity index (χ4v) is 1.08. The van der Waals surface area contributed by atoms with Gasteiger partial charge in [0.1, 0.15) is 0 Å². The fraction of sp³-hybridized carbons (Fsp3) is 0.667. The first kappa shape index (κ1) is 10.2. The topological polar surface area (TPSA) is 52.7 Å². The van der Waals surface area contributed by atoms with E-state index < -0.39 is 0 Å². The molecule has 0 amide bonds. The minimum Gasteiger partial charge on any atom is -0.347 e. The van der Waals surface area contributed by atoms with E-state index in [-0.39, 0.29) is 0 Å². The van der Waals surface area contributed by atoms with Crippen LogP contribution < -0.4 is 10.6 Å². The average Bonchev–Trinajstić information content (AvgIpc) is 2.63. The van der Waals surface area contributed by atoms with Crippen molar-refractivity contribution in [2.45, 2.75) is 19.9 Å². The monoisotopic (exact) mass is 182 g/mol. The Labute approximate surface area is 79.1 Å². The van der Waals surface area contributed by atoms with Crippen LogP contribution in [0, 0.1) is 0 Å². The molecule has 0 spiro atoms. The summed E-state index contributed by atoms with van der Waals surface area (Å²) in [7, 11) is 0. The quantitative estimate of drug-likeness (QED) is 0.538. The highest BCUT2D eigenvalue weighted by Crippen LogP contribution is 1.87. The van der Waals surface area contributed by atoms with E-state index in [2.05, 4.69) is 27.5 Å². The van der Waals surface area contributed by atoms with Gasteiger partial charge in [0, 0.05) is 31.5 Å². The van der Waals surface area contributed by atoms with E-state index in [0.717, 1.165) is 31.9 Å². The first-order valence-corrected chi connectivity index (χ1v) is 4.82. The molecule has 0 fully saturated rings. The van der Waals surface area contributed by atoms with Gasteiger partial charge in [-0.25, -0.2) is 4.98 Å². The minimum atomic E-state index is 0.869. The predicted octanol–water partition coefficient (Wildman–Crippen LogP) is 0.499. The molecule has 1 aromatic heterocycles. The van der Waals surface area contributed by atoms with Crippen molar-refractivity contribution in [2.24, 2.45) is 0 Å². The van der Waals surface area contributed by atoms with Crippen molar-refractivity contribution in [3.63, 3.8) is 0 Å². The molecule has 0 unspecified atom stereocenters. The lowest BCUT2D eigenvalue weighted by Crippen LogP contribution is -2.27. The molecule has 0 aliphatic carbocycles. The lowest BCUT2D eigenvalue weighted by molar-refractivity contribution is 0.603. The van der Waals surface area contributed by atoms with Crippen LogP contribution in [0.3, 0.4) is 0 Å². The molecule has 4 heteroatoms. The Kier molecular flexibility index (Phi) is 5.20. The Morgan fingerprint density at radius 3 is 2.85 bits per heavy atom. The van der Waals surface area contributed by atoms with Crippen molar-refractivity contribution >= 4 is 0 Å². The molecule has 1 rings (SSSR count). The maximum atomic E-state index is 3.94. The van der Waals surface area contributed by atoms with Crippen molar-refractivity contribution in [3.05, 3.63) is 18.2 Å². The van der Waals surface area contributed by atoms with Crippen LogP contribution in [0.4, 0.5) is 0 Å². The molecule has 13 heavy (non-hydrogen) atoms. The van der Waals surface area contributed by atoms with E-state index in [9.17, 15) is 0 Å². The Bertz CT molecular complexity index is 195. The van der Waals surface area contributed by atoms with Gasteiger partial charge in [-0.05, 0) is 13.0 Å². The second kappa shape index (κ2) is 6.62. The SMILES string of the molecule is CCCNCCNCc1cnc[nH]1. The fourth-order valence-electron chi connectivity index (χ4n) is 1.08. The summed E-state index contributed by atoms with van der Waals surface area (Å²) in [5, 5.41) is 6.64. The van der Waals surface area contributed by atoms with Gasteiger partial charge in [0.25, 0.3) is 0 Å². The van der Waals surface area contributed by atoms with Crippen LogP contribution in [0.5, 0.6) is 0 Å². The molecule has 1 heterocycles. The second-order valence-corrected chi connectivity index (χ2v) is 3.00. The number of aromatic amines is 1. The number of hydrogen-bond acceptors (Lipinski definition) is 3. The zero-order valence-electron chi connectivity index (χ0n) is 8.14. The molecule has 0 aromatic carbocycles. The van der Waals surface area contributed by atoms with E-state index in [0.29, 0.717) is 0 Å². The number of nitrogens with zero attached hydrogens (tertiary/aromatic N) is 1. The minimum absolute atomic E-state index is 0.869. The molecular formula is C9H18N4.